The van der Waals surface area contributed by atoms with Crippen LogP contribution in [-0.4, -0.2) is 28.6 Å². The number of fused-ring (bicyclic) bond motifs is 5. The van der Waals surface area contributed by atoms with Crippen LogP contribution < -0.4 is 0 Å². The number of hydrogen-bond acceptors (Lipinski definition) is 4. The fourth-order valence-corrected chi connectivity index (χ4v) is 8.30. The van der Waals surface area contributed by atoms with Gasteiger partial charge in [0.15, 0.2) is 11.4 Å². The molecule has 0 aromatic heterocycles. The normalized spacial score (nSPS) is 51.7. The van der Waals surface area contributed by atoms with E-state index in [4.69, 9.17) is 4.74 Å². The molecule has 0 spiro atoms. The summed E-state index contributed by atoms with van der Waals surface area (Å²) in [5.41, 5.74) is -0.829. The Kier molecular flexibility index (Phi) is 4.53. The predicted octanol–water partition coefficient (Wildman–Crippen LogP) is 4.28. The van der Waals surface area contributed by atoms with Crippen LogP contribution in [0.4, 0.5) is 0 Å². The number of ketones is 1. The van der Waals surface area contributed by atoms with Gasteiger partial charge in [-0.05, 0) is 93.8 Å². The summed E-state index contributed by atoms with van der Waals surface area (Å²) in [5.74, 6) is 2.11. The largest absolute Gasteiger partial charge is 0.451 e. The van der Waals surface area contributed by atoms with Crippen LogP contribution in [0.1, 0.15) is 85.5 Å². The van der Waals surface area contributed by atoms with Crippen LogP contribution in [0.5, 0.6) is 0 Å². The molecule has 4 saturated carbocycles. The zero-order chi connectivity index (χ0) is 19.6. The Bertz CT molecular complexity index is 644. The van der Waals surface area contributed by atoms with E-state index in [9.17, 15) is 14.7 Å². The van der Waals surface area contributed by atoms with Crippen molar-refractivity contribution >= 4 is 11.8 Å². The first-order valence-corrected chi connectivity index (χ1v) is 11.0. The second-order valence-electron chi connectivity index (χ2n) is 10.6. The molecule has 4 fully saturated rings. The fourth-order valence-electron chi connectivity index (χ4n) is 8.30. The minimum atomic E-state index is -0.922. The van der Waals surface area contributed by atoms with E-state index < -0.39 is 5.60 Å². The summed E-state index contributed by atoms with van der Waals surface area (Å²) in [7, 11) is 0. The van der Waals surface area contributed by atoms with Crippen molar-refractivity contribution in [2.75, 3.05) is 0 Å². The minimum absolute atomic E-state index is 0.0295. The highest BCUT2D eigenvalue weighted by molar-refractivity contribution is 5.89. The quantitative estimate of drug-likeness (QED) is 0.731. The zero-order valence-corrected chi connectivity index (χ0v) is 17.4. The number of carbonyl (C=O) groups is 2. The van der Waals surface area contributed by atoms with E-state index in [0.29, 0.717) is 35.5 Å². The first kappa shape index (κ1) is 19.4. The van der Waals surface area contributed by atoms with Gasteiger partial charge in [0.1, 0.15) is 0 Å². The molecule has 0 aliphatic heterocycles. The highest BCUT2D eigenvalue weighted by Gasteiger charge is 2.68. The second-order valence-corrected chi connectivity index (χ2v) is 10.6. The Morgan fingerprint density at radius 3 is 2.30 bits per heavy atom. The van der Waals surface area contributed by atoms with Crippen LogP contribution in [0.2, 0.25) is 0 Å². The van der Waals surface area contributed by atoms with Crippen molar-refractivity contribution in [2.45, 2.75) is 97.2 Å². The first-order chi connectivity index (χ1) is 12.6. The molecule has 0 aromatic carbocycles. The van der Waals surface area contributed by atoms with E-state index in [1.165, 1.54) is 19.8 Å². The number of Topliss-reactive ketones (excluding diaryl/α,β-unsaturated/α-hetero) is 1. The standard InChI is InChI=1S/C23H36O4/c1-14(24)23(27-15(2)25)12-9-20-18-6-5-16-13-17(26)7-10-21(16,3)19(18)8-11-22(20,23)4/h16-20,26H,5-13H2,1-4H3/t16?,17?,18-,19+,20+,21+,22+,23+/m1/s1. The van der Waals surface area contributed by atoms with Gasteiger partial charge < -0.3 is 9.84 Å². The average molecular weight is 377 g/mol. The summed E-state index contributed by atoms with van der Waals surface area (Å²) in [6.07, 6.45) is 9.08. The molecular weight excluding hydrogens is 340 g/mol. The molecule has 2 unspecified atom stereocenters. The molecule has 4 nitrogen and oxygen atoms in total. The molecule has 0 amide bonds. The minimum Gasteiger partial charge on any atom is -0.451 e. The summed E-state index contributed by atoms with van der Waals surface area (Å²) in [6.45, 7) is 7.75. The lowest BCUT2D eigenvalue weighted by molar-refractivity contribution is -0.192. The number of ether oxygens (including phenoxy) is 1. The smallest absolute Gasteiger partial charge is 0.303 e. The molecule has 4 rings (SSSR count). The molecule has 8 atom stereocenters. The van der Waals surface area contributed by atoms with Gasteiger partial charge in [-0.3, -0.25) is 9.59 Å². The maximum Gasteiger partial charge on any atom is 0.303 e. The molecule has 1 N–H and O–H groups in total. The van der Waals surface area contributed by atoms with Gasteiger partial charge in [-0.1, -0.05) is 13.8 Å². The maximum atomic E-state index is 12.7. The Labute approximate surface area is 163 Å². The van der Waals surface area contributed by atoms with Crippen LogP contribution in [0.3, 0.4) is 0 Å². The summed E-state index contributed by atoms with van der Waals surface area (Å²) >= 11 is 0. The van der Waals surface area contributed by atoms with Crippen LogP contribution in [0.15, 0.2) is 0 Å². The van der Waals surface area contributed by atoms with Crippen molar-refractivity contribution in [1.29, 1.82) is 0 Å². The van der Waals surface area contributed by atoms with Gasteiger partial charge in [-0.25, -0.2) is 0 Å². The lowest BCUT2D eigenvalue weighted by atomic mass is 9.44. The summed E-state index contributed by atoms with van der Waals surface area (Å²) in [5, 5.41) is 10.2. The van der Waals surface area contributed by atoms with Crippen molar-refractivity contribution in [3.05, 3.63) is 0 Å². The summed E-state index contributed by atoms with van der Waals surface area (Å²) in [4.78, 5) is 24.6. The highest BCUT2D eigenvalue weighted by atomic mass is 16.6. The Morgan fingerprint density at radius 2 is 1.63 bits per heavy atom. The van der Waals surface area contributed by atoms with Crippen molar-refractivity contribution in [3.8, 4) is 0 Å². The topological polar surface area (TPSA) is 63.6 Å². The third-order valence-electron chi connectivity index (χ3n) is 9.64. The van der Waals surface area contributed by atoms with Gasteiger partial charge in [-0.2, -0.15) is 0 Å². The Balaban J connectivity index is 1.66. The average Bonchev–Trinajstić information content (AvgIpc) is 2.89. The lowest BCUT2D eigenvalue weighted by Gasteiger charge is -2.61. The molecule has 0 saturated heterocycles. The number of rotatable bonds is 2. The number of aliphatic hydroxyl groups excluding tert-OH is 1. The van der Waals surface area contributed by atoms with Crippen molar-refractivity contribution in [1.82, 2.24) is 0 Å². The third kappa shape index (κ3) is 2.58. The molecule has 0 heterocycles. The van der Waals surface area contributed by atoms with E-state index in [0.717, 1.165) is 38.5 Å². The van der Waals surface area contributed by atoms with Crippen LogP contribution in [-0.2, 0) is 14.3 Å². The Morgan fingerprint density at radius 1 is 0.926 bits per heavy atom. The number of aliphatic hydroxyl groups is 1. The van der Waals surface area contributed by atoms with Gasteiger partial charge in [-0.15, -0.1) is 0 Å². The van der Waals surface area contributed by atoms with Crippen LogP contribution in [0, 0.1) is 34.5 Å². The van der Waals surface area contributed by atoms with Gasteiger partial charge in [0, 0.05) is 12.3 Å². The molecule has 152 valence electrons. The van der Waals surface area contributed by atoms with E-state index in [2.05, 4.69) is 13.8 Å². The fraction of sp³-hybridized carbons (Fsp3) is 0.913. The molecule has 4 aliphatic rings. The molecule has 27 heavy (non-hydrogen) atoms. The molecular formula is C23H36O4. The zero-order valence-electron chi connectivity index (χ0n) is 17.4. The van der Waals surface area contributed by atoms with E-state index in [1.807, 2.05) is 0 Å². The van der Waals surface area contributed by atoms with E-state index in [-0.39, 0.29) is 23.3 Å². The predicted molar refractivity (Wildman–Crippen MR) is 103 cm³/mol. The first-order valence-electron chi connectivity index (χ1n) is 11.0. The van der Waals surface area contributed by atoms with Crippen molar-refractivity contribution in [3.63, 3.8) is 0 Å². The lowest BCUT2D eigenvalue weighted by Crippen LogP contribution is -2.59. The van der Waals surface area contributed by atoms with E-state index >= 15 is 0 Å². The number of carbonyl (C=O) groups excluding carboxylic acids is 2. The highest BCUT2D eigenvalue weighted by Crippen LogP contribution is 2.69. The van der Waals surface area contributed by atoms with E-state index in [1.54, 1.807) is 6.92 Å². The second kappa shape index (κ2) is 6.30. The van der Waals surface area contributed by atoms with Gasteiger partial charge in [0.05, 0.1) is 6.10 Å². The van der Waals surface area contributed by atoms with Crippen molar-refractivity contribution in [2.24, 2.45) is 34.5 Å². The van der Waals surface area contributed by atoms with Gasteiger partial charge in [0.25, 0.3) is 0 Å². The molecule has 0 radical (unpaired) electrons. The number of hydrogen-bond donors (Lipinski definition) is 1. The van der Waals surface area contributed by atoms with Gasteiger partial charge in [0.2, 0.25) is 0 Å². The summed E-state index contributed by atoms with van der Waals surface area (Å²) in [6, 6.07) is 0. The van der Waals surface area contributed by atoms with Crippen LogP contribution in [0.25, 0.3) is 0 Å². The molecule has 4 aliphatic carbocycles. The Hall–Kier alpha value is -0.900. The maximum absolute atomic E-state index is 12.7. The van der Waals surface area contributed by atoms with Crippen molar-refractivity contribution < 1.29 is 19.4 Å². The molecule has 0 aromatic rings. The molecule has 0 bridgehead atoms. The third-order valence-corrected chi connectivity index (χ3v) is 9.64. The SMILES string of the molecule is CC(=O)O[C@]1(C(C)=O)CC[C@H]2[C@@H]3CCC4CC(O)CC[C@]4(C)[C@H]3CC[C@@]21C. The molecule has 4 heteroatoms. The number of esters is 1. The van der Waals surface area contributed by atoms with Gasteiger partial charge >= 0.3 is 5.97 Å². The summed E-state index contributed by atoms with van der Waals surface area (Å²) < 4.78 is 5.84. The monoisotopic (exact) mass is 376 g/mol. The van der Waals surface area contributed by atoms with Crippen LogP contribution >= 0.6 is 0 Å².